The molecule has 0 saturated heterocycles. The standard InChI is InChI=1S/C2H2O4.BF2HO3.Li.H/c3-1(4)2(5)6;2-5-1(4)6-3;;/h(H,3,4)(H,5,6);4H;;. The quantitative estimate of drug-likeness (QED) is 0.355. The predicted octanol–water partition coefficient (Wildman–Crippen LogP) is -1.73. The molecule has 0 aliphatic rings. The van der Waals surface area contributed by atoms with Crippen molar-refractivity contribution >= 4 is 38.1 Å². The van der Waals surface area contributed by atoms with Crippen LogP contribution in [0.5, 0.6) is 0 Å². The fourth-order valence-electron chi connectivity index (χ4n) is 0.0137. The summed E-state index contributed by atoms with van der Waals surface area (Å²) in [6.45, 7) is 0. The molecule has 72 valence electrons. The van der Waals surface area contributed by atoms with Crippen molar-refractivity contribution in [1.29, 1.82) is 0 Å². The van der Waals surface area contributed by atoms with E-state index in [9.17, 15) is 9.05 Å². The second-order valence-electron chi connectivity index (χ2n) is 1.10. The molecule has 0 heterocycles. The predicted molar refractivity (Wildman–Crippen MR) is 34.8 cm³/mol. The molecule has 7 nitrogen and oxygen atoms in total. The molecule has 0 spiro atoms. The van der Waals surface area contributed by atoms with Gasteiger partial charge in [-0.1, -0.05) is 9.05 Å². The minimum absolute atomic E-state index is 0. The van der Waals surface area contributed by atoms with Gasteiger partial charge in [0, 0.05) is 0 Å². The third-order valence-electron chi connectivity index (χ3n) is 0.335. The number of carboxylic acids is 2. The summed E-state index contributed by atoms with van der Waals surface area (Å²) in [6.07, 6.45) is 0. The third-order valence-corrected chi connectivity index (χ3v) is 0.335. The molecule has 11 heteroatoms. The average Bonchev–Trinajstić information content (AvgIpc) is 2.04. The summed E-state index contributed by atoms with van der Waals surface area (Å²) in [5, 5.41) is 22.3. The van der Waals surface area contributed by atoms with Crippen LogP contribution in [0.3, 0.4) is 0 Å². The molecule has 0 fully saturated rings. The second-order valence-corrected chi connectivity index (χ2v) is 1.10. The zero-order valence-electron chi connectivity index (χ0n) is 5.31. The van der Waals surface area contributed by atoms with Gasteiger partial charge in [0.15, 0.2) is 0 Å². The van der Waals surface area contributed by atoms with E-state index in [1.165, 1.54) is 0 Å². The number of hydrogen-bond donors (Lipinski definition) is 3. The van der Waals surface area contributed by atoms with E-state index >= 15 is 0 Å². The maximum atomic E-state index is 10.3. The van der Waals surface area contributed by atoms with Gasteiger partial charge in [-0.3, -0.25) is 0 Å². The van der Waals surface area contributed by atoms with Crippen molar-refractivity contribution in [3.05, 3.63) is 0 Å². The van der Waals surface area contributed by atoms with Crippen molar-refractivity contribution in [2.75, 3.05) is 0 Å². The van der Waals surface area contributed by atoms with Gasteiger partial charge in [-0.2, -0.15) is 9.72 Å². The molecule has 0 aromatic carbocycles. The molecule has 0 aromatic rings. The Bertz CT molecular complexity index is 139. The normalized spacial score (nSPS) is 7.31. The Morgan fingerprint density at radius 2 is 1.31 bits per heavy atom. The number of carbonyl (C=O) groups is 2. The van der Waals surface area contributed by atoms with Crippen LogP contribution in [0.1, 0.15) is 0 Å². The summed E-state index contributed by atoms with van der Waals surface area (Å²) in [6, 6.07) is 0. The number of aliphatic carboxylic acids is 2. The van der Waals surface area contributed by atoms with Crippen LogP contribution < -0.4 is 0 Å². The Morgan fingerprint density at radius 3 is 1.31 bits per heavy atom. The van der Waals surface area contributed by atoms with Gasteiger partial charge in [0.05, 0.1) is 0 Å². The molecule has 0 aliphatic heterocycles. The molecule has 0 radical (unpaired) electrons. The van der Waals surface area contributed by atoms with Gasteiger partial charge in [-0.05, 0) is 0 Å². The van der Waals surface area contributed by atoms with E-state index in [4.69, 9.17) is 24.8 Å². The topological polar surface area (TPSA) is 113 Å². The van der Waals surface area contributed by atoms with Crippen LogP contribution in [0, 0.1) is 0 Å². The van der Waals surface area contributed by atoms with Crippen molar-refractivity contribution < 1.29 is 43.6 Å². The zero-order chi connectivity index (χ0) is 10.1. The number of carboxylic acid groups (broad SMARTS) is 2. The Kier molecular flexibility index (Phi) is 15.9. The summed E-state index contributed by atoms with van der Waals surface area (Å²) in [7, 11) is -2.40. The van der Waals surface area contributed by atoms with E-state index < -0.39 is 19.3 Å². The monoisotopic (exact) mass is 196 g/mol. The summed E-state index contributed by atoms with van der Waals surface area (Å²) >= 11 is 0. The first-order valence-electron chi connectivity index (χ1n) is 2.14. The third kappa shape index (κ3) is 18.4. The van der Waals surface area contributed by atoms with Crippen molar-refractivity contribution in [3.8, 4) is 0 Å². The molecule has 0 unspecified atom stereocenters. The Hall–Kier alpha value is -0.658. The van der Waals surface area contributed by atoms with E-state index in [1.54, 1.807) is 0 Å². The van der Waals surface area contributed by atoms with Crippen molar-refractivity contribution in [2.24, 2.45) is 0 Å². The van der Waals surface area contributed by atoms with Crippen molar-refractivity contribution in [1.82, 2.24) is 0 Å². The molecule has 13 heavy (non-hydrogen) atoms. The summed E-state index contributed by atoms with van der Waals surface area (Å²) in [5.74, 6) is -3.65. The fourth-order valence-corrected chi connectivity index (χ4v) is 0.0137. The summed E-state index contributed by atoms with van der Waals surface area (Å²) in [5.41, 5.74) is 0. The fraction of sp³-hybridized carbons (Fsp3) is 0. The van der Waals surface area contributed by atoms with Crippen LogP contribution in [0.4, 0.5) is 9.05 Å². The van der Waals surface area contributed by atoms with Gasteiger partial charge in [-0.15, -0.1) is 0 Å². The molecule has 3 N–H and O–H groups in total. The minimum atomic E-state index is -2.40. The van der Waals surface area contributed by atoms with E-state index in [-0.39, 0.29) is 18.9 Å². The maximum absolute atomic E-state index is 10.3. The zero-order valence-corrected chi connectivity index (χ0v) is 5.31. The molecule has 0 saturated carbocycles. The molecular weight excluding hydrogens is 192 g/mol. The molecule has 0 atom stereocenters. The van der Waals surface area contributed by atoms with Crippen LogP contribution in [0.2, 0.25) is 0 Å². The van der Waals surface area contributed by atoms with Gasteiger partial charge in [-0.25, -0.2) is 9.59 Å². The first-order valence-corrected chi connectivity index (χ1v) is 2.14. The Labute approximate surface area is 82.4 Å². The van der Waals surface area contributed by atoms with E-state index in [2.05, 4.69) is 9.72 Å². The molecule has 0 bridgehead atoms. The van der Waals surface area contributed by atoms with Crippen LogP contribution in [-0.4, -0.2) is 53.4 Å². The van der Waals surface area contributed by atoms with Crippen LogP contribution >= 0.6 is 0 Å². The van der Waals surface area contributed by atoms with Gasteiger partial charge in [0.25, 0.3) is 0 Å². The van der Waals surface area contributed by atoms with Gasteiger partial charge < -0.3 is 15.2 Å². The van der Waals surface area contributed by atoms with Gasteiger partial charge in [0.2, 0.25) is 0 Å². The molecule has 0 rings (SSSR count). The van der Waals surface area contributed by atoms with E-state index in [1.807, 2.05) is 0 Å². The molecular formula is C2H4BF2LiO7. The van der Waals surface area contributed by atoms with Crippen LogP contribution in [-0.2, 0) is 19.3 Å². The average molecular weight is 196 g/mol. The first kappa shape index (κ1) is 18.2. The number of halogens is 2. The van der Waals surface area contributed by atoms with E-state index in [0.717, 1.165) is 0 Å². The molecule has 0 aliphatic carbocycles. The number of rotatable bonds is 2. The number of hydrogen-bond acceptors (Lipinski definition) is 5. The first-order chi connectivity index (χ1) is 5.45. The van der Waals surface area contributed by atoms with E-state index in [0.29, 0.717) is 0 Å². The van der Waals surface area contributed by atoms with Gasteiger partial charge >= 0.3 is 38.1 Å². The van der Waals surface area contributed by atoms with Crippen LogP contribution in [0.15, 0.2) is 0 Å². The summed E-state index contributed by atoms with van der Waals surface area (Å²) in [4.78, 5) is 22.9. The Morgan fingerprint density at radius 1 is 1.08 bits per heavy atom. The Balaban J connectivity index is -0.000000143. The van der Waals surface area contributed by atoms with Crippen LogP contribution in [0.25, 0.3) is 0 Å². The summed E-state index contributed by atoms with van der Waals surface area (Å²) < 4.78 is 20.5. The van der Waals surface area contributed by atoms with Crippen molar-refractivity contribution in [3.63, 3.8) is 0 Å². The molecule has 0 amide bonds. The van der Waals surface area contributed by atoms with Gasteiger partial charge in [0.1, 0.15) is 0 Å². The SMILES string of the molecule is O=C(O)C(=O)O.OB(OF)OF.[LiH]. The second kappa shape index (κ2) is 11.3. The van der Waals surface area contributed by atoms with Crippen molar-refractivity contribution in [2.45, 2.75) is 0 Å². The molecule has 0 aromatic heterocycles.